The highest BCUT2D eigenvalue weighted by molar-refractivity contribution is 6.08. The second-order valence-electron chi connectivity index (χ2n) is 6.52. The molecule has 2 atom stereocenters. The number of nitrogens with one attached hydrogen (secondary N) is 1. The van der Waals surface area contributed by atoms with Crippen LogP contribution in [-0.4, -0.2) is 42.4 Å². The first kappa shape index (κ1) is 17.5. The minimum Gasteiger partial charge on any atom is -0.465 e. The summed E-state index contributed by atoms with van der Waals surface area (Å²) >= 11 is 0. The summed E-state index contributed by atoms with van der Waals surface area (Å²) in [6.45, 7) is 5.71. The van der Waals surface area contributed by atoms with E-state index in [1.807, 2.05) is 31.2 Å². The van der Waals surface area contributed by atoms with Gasteiger partial charge in [-0.25, -0.2) is 4.99 Å². The molecule has 1 N–H and O–H groups in total. The average Bonchev–Trinajstić information content (AvgIpc) is 2.62. The van der Waals surface area contributed by atoms with Crippen molar-refractivity contribution in [2.24, 2.45) is 10.9 Å². The Labute approximate surface area is 148 Å². The highest BCUT2D eigenvalue weighted by Gasteiger charge is 2.42. The van der Waals surface area contributed by atoms with Crippen LogP contribution in [0.25, 0.3) is 0 Å². The Morgan fingerprint density at radius 3 is 2.68 bits per heavy atom. The molecule has 0 aliphatic carbocycles. The third-order valence-corrected chi connectivity index (χ3v) is 4.80. The fourth-order valence-electron chi connectivity index (χ4n) is 3.47. The number of carbonyl (C=O) groups excluding carboxylic acids is 2. The van der Waals surface area contributed by atoms with E-state index in [4.69, 9.17) is 9.73 Å². The Bertz CT molecular complexity index is 680. The number of esters is 1. The number of hydrogen-bond donors (Lipinski definition) is 1. The molecule has 1 aromatic carbocycles. The van der Waals surface area contributed by atoms with E-state index in [9.17, 15) is 9.59 Å². The van der Waals surface area contributed by atoms with Crippen molar-refractivity contribution in [3.8, 4) is 0 Å². The Morgan fingerprint density at radius 1 is 1.28 bits per heavy atom. The Hall–Kier alpha value is -2.37. The third kappa shape index (κ3) is 3.67. The molecule has 1 aromatic rings. The van der Waals surface area contributed by atoms with E-state index in [1.54, 1.807) is 6.92 Å². The topological polar surface area (TPSA) is 71.0 Å². The molecule has 6 heteroatoms. The van der Waals surface area contributed by atoms with Gasteiger partial charge in [0.25, 0.3) is 0 Å². The zero-order valence-electron chi connectivity index (χ0n) is 14.8. The van der Waals surface area contributed by atoms with E-state index in [1.165, 1.54) is 6.42 Å². The van der Waals surface area contributed by atoms with Crippen molar-refractivity contribution in [1.29, 1.82) is 0 Å². The van der Waals surface area contributed by atoms with Gasteiger partial charge in [0.15, 0.2) is 5.92 Å². The summed E-state index contributed by atoms with van der Waals surface area (Å²) in [7, 11) is 0. The number of carbonyl (C=O) groups is 2. The molecule has 3 rings (SSSR count). The highest BCUT2D eigenvalue weighted by atomic mass is 16.5. The van der Waals surface area contributed by atoms with E-state index >= 15 is 0 Å². The minimum atomic E-state index is -0.949. The van der Waals surface area contributed by atoms with Crippen molar-refractivity contribution in [1.82, 2.24) is 10.2 Å². The Morgan fingerprint density at radius 2 is 2.00 bits per heavy atom. The van der Waals surface area contributed by atoms with Crippen LogP contribution in [0.15, 0.2) is 29.3 Å². The molecule has 2 heterocycles. The van der Waals surface area contributed by atoms with Gasteiger partial charge >= 0.3 is 5.97 Å². The van der Waals surface area contributed by atoms with Gasteiger partial charge in [-0.1, -0.05) is 24.3 Å². The summed E-state index contributed by atoms with van der Waals surface area (Å²) < 4.78 is 5.14. The van der Waals surface area contributed by atoms with E-state index in [2.05, 4.69) is 10.2 Å². The van der Waals surface area contributed by atoms with Crippen LogP contribution in [0.5, 0.6) is 0 Å². The molecule has 134 valence electrons. The van der Waals surface area contributed by atoms with E-state index < -0.39 is 17.9 Å². The smallest absolute Gasteiger partial charge is 0.321 e. The van der Waals surface area contributed by atoms with Gasteiger partial charge in [0, 0.05) is 13.1 Å². The van der Waals surface area contributed by atoms with Gasteiger partial charge in [0.2, 0.25) is 11.9 Å². The average molecular weight is 343 g/mol. The van der Waals surface area contributed by atoms with Crippen molar-refractivity contribution >= 4 is 17.8 Å². The summed E-state index contributed by atoms with van der Waals surface area (Å²) in [4.78, 5) is 32.0. The fraction of sp³-hybridized carbons (Fsp3) is 0.526. The number of ether oxygens (including phenoxy) is 1. The molecular weight excluding hydrogens is 318 g/mol. The lowest BCUT2D eigenvalue weighted by Gasteiger charge is -2.35. The maximum atomic E-state index is 12.7. The molecule has 0 spiro atoms. The predicted molar refractivity (Wildman–Crippen MR) is 95.0 cm³/mol. The van der Waals surface area contributed by atoms with Gasteiger partial charge < -0.3 is 9.64 Å². The number of benzene rings is 1. The van der Waals surface area contributed by atoms with Crippen LogP contribution in [0.1, 0.15) is 43.4 Å². The van der Waals surface area contributed by atoms with Crippen LogP contribution in [-0.2, 0) is 14.3 Å². The molecule has 0 radical (unpaired) electrons. The van der Waals surface area contributed by atoms with Gasteiger partial charge in [0.05, 0.1) is 6.61 Å². The van der Waals surface area contributed by atoms with Gasteiger partial charge in [-0.05, 0) is 44.2 Å². The molecule has 0 unspecified atom stereocenters. The summed E-state index contributed by atoms with van der Waals surface area (Å²) in [6, 6.07) is 7.21. The molecule has 0 saturated carbocycles. The van der Waals surface area contributed by atoms with Gasteiger partial charge in [0.1, 0.15) is 6.04 Å². The zero-order chi connectivity index (χ0) is 17.8. The number of likely N-dealkylation sites (tertiary alicyclic amines) is 1. The quantitative estimate of drug-likeness (QED) is 0.675. The summed E-state index contributed by atoms with van der Waals surface area (Å²) in [5, 5.41) is 2.83. The van der Waals surface area contributed by atoms with Gasteiger partial charge in [-0.3, -0.25) is 14.9 Å². The molecule has 1 fully saturated rings. The number of guanidine groups is 1. The minimum absolute atomic E-state index is 0.242. The fourth-order valence-corrected chi connectivity index (χ4v) is 3.47. The van der Waals surface area contributed by atoms with Crippen molar-refractivity contribution in [2.75, 3.05) is 19.7 Å². The van der Waals surface area contributed by atoms with Crippen LogP contribution >= 0.6 is 0 Å². The molecular formula is C19H25N3O3. The van der Waals surface area contributed by atoms with E-state index in [-0.39, 0.29) is 12.5 Å². The number of hydrogen-bond acceptors (Lipinski definition) is 5. The lowest BCUT2D eigenvalue weighted by molar-refractivity contribution is -0.153. The van der Waals surface area contributed by atoms with E-state index in [0.29, 0.717) is 5.96 Å². The first-order valence-electron chi connectivity index (χ1n) is 8.97. The highest BCUT2D eigenvalue weighted by Crippen LogP contribution is 2.33. The standard InChI is InChI=1S/C19H25N3O3/c1-3-25-18(24)15-16(14-10-6-5-9-13(14)2)20-19(21-17(15)23)22-11-7-4-8-12-22/h5-6,9-10,15-16H,3-4,7-8,11-12H2,1-2H3,(H,20,21,23)/t15-,16+/m1/s1. The SMILES string of the molecule is CCOC(=O)[C@H]1C(=O)NC(N2CCCCC2)=N[C@H]1c1ccccc1C. The second kappa shape index (κ2) is 7.68. The molecule has 0 bridgehead atoms. The van der Waals surface area contributed by atoms with Gasteiger partial charge in [-0.15, -0.1) is 0 Å². The van der Waals surface area contributed by atoms with Crippen LogP contribution in [0, 0.1) is 12.8 Å². The van der Waals surface area contributed by atoms with Crippen LogP contribution in [0.3, 0.4) is 0 Å². The zero-order valence-corrected chi connectivity index (χ0v) is 14.8. The van der Waals surface area contributed by atoms with Crippen LogP contribution in [0.2, 0.25) is 0 Å². The van der Waals surface area contributed by atoms with Crippen molar-refractivity contribution in [3.63, 3.8) is 0 Å². The number of piperidine rings is 1. The molecule has 2 aliphatic rings. The normalized spacial score (nSPS) is 23.7. The number of rotatable bonds is 3. The first-order valence-corrected chi connectivity index (χ1v) is 8.97. The van der Waals surface area contributed by atoms with Crippen LogP contribution < -0.4 is 5.32 Å². The van der Waals surface area contributed by atoms with Crippen molar-refractivity contribution < 1.29 is 14.3 Å². The Balaban J connectivity index is 1.99. The molecule has 2 aliphatic heterocycles. The van der Waals surface area contributed by atoms with E-state index in [0.717, 1.165) is 37.1 Å². The molecule has 0 aromatic heterocycles. The maximum Gasteiger partial charge on any atom is 0.321 e. The number of aliphatic imine (C=N–C) groups is 1. The van der Waals surface area contributed by atoms with Gasteiger partial charge in [-0.2, -0.15) is 0 Å². The number of amides is 1. The molecule has 25 heavy (non-hydrogen) atoms. The first-order chi connectivity index (χ1) is 12.1. The summed E-state index contributed by atoms with van der Waals surface area (Å²) in [5.41, 5.74) is 1.91. The summed E-state index contributed by atoms with van der Waals surface area (Å²) in [6.07, 6.45) is 3.38. The molecule has 6 nitrogen and oxygen atoms in total. The number of nitrogens with zero attached hydrogens (tertiary/aromatic N) is 2. The Kier molecular flexibility index (Phi) is 5.36. The largest absolute Gasteiger partial charge is 0.465 e. The third-order valence-electron chi connectivity index (χ3n) is 4.80. The maximum absolute atomic E-state index is 12.7. The van der Waals surface area contributed by atoms with Crippen LogP contribution in [0.4, 0.5) is 0 Å². The monoisotopic (exact) mass is 343 g/mol. The lowest BCUT2D eigenvalue weighted by Crippen LogP contribution is -2.53. The lowest BCUT2D eigenvalue weighted by atomic mass is 9.89. The predicted octanol–water partition coefficient (Wildman–Crippen LogP) is 2.19. The second-order valence-corrected chi connectivity index (χ2v) is 6.52. The number of aryl methyl sites for hydroxylation is 1. The summed E-state index contributed by atoms with van der Waals surface area (Å²) in [5.74, 6) is -1.22. The molecule has 1 amide bonds. The van der Waals surface area contributed by atoms with Crippen molar-refractivity contribution in [2.45, 2.75) is 39.2 Å². The molecule has 1 saturated heterocycles. The van der Waals surface area contributed by atoms with Crippen molar-refractivity contribution in [3.05, 3.63) is 35.4 Å².